The highest BCUT2D eigenvalue weighted by Crippen LogP contribution is 2.55. The molecule has 16 nitrogen and oxygen atoms in total. The molecule has 0 bridgehead atoms. The first kappa shape index (κ1) is 29.7. The number of aliphatic hydroxyl groups is 6. The molecule has 11 atom stereocenters. The van der Waals surface area contributed by atoms with Crippen LogP contribution in [0, 0.1) is 11.8 Å². The second-order valence-corrected chi connectivity index (χ2v) is 9.68. The van der Waals surface area contributed by atoms with Crippen molar-refractivity contribution >= 4 is 11.7 Å². The lowest BCUT2D eigenvalue weighted by Crippen LogP contribution is -2.67. The Morgan fingerprint density at radius 1 is 1.05 bits per heavy atom. The van der Waals surface area contributed by atoms with Crippen LogP contribution in [0.4, 0.5) is 5.69 Å². The summed E-state index contributed by atoms with van der Waals surface area (Å²) >= 11 is 0. The van der Waals surface area contributed by atoms with E-state index in [1.54, 1.807) is 6.92 Å². The standard InChI is InChI=1S/C23H33NO15/c1-2-35-19-12(16(31)18(19)33)24-5-6-36-22-20(17(32)14(29)9(7-25)37-22)38-21-11-15(30)13(28)8(3-4-10(26)27)23(11,34)39-21/h8-9,11,13-15,17,20-22,24-25,28-30,32,34H,2-7H2,1H3,(H,26,27)/t8?,9?,11?,13-,14-,15?,17?,20?,21+,22+,23?/m1/s1. The highest BCUT2D eigenvalue weighted by molar-refractivity contribution is 5.66. The highest BCUT2D eigenvalue weighted by Gasteiger charge is 2.71. The molecule has 39 heavy (non-hydrogen) atoms. The molecule has 1 aliphatic carbocycles. The maximum atomic E-state index is 11.8. The van der Waals surface area contributed by atoms with Crippen molar-refractivity contribution in [2.75, 3.05) is 31.7 Å². The third-order valence-electron chi connectivity index (χ3n) is 7.36. The summed E-state index contributed by atoms with van der Waals surface area (Å²) in [6.07, 6.45) is -12.5. The van der Waals surface area contributed by atoms with E-state index in [0.717, 1.165) is 0 Å². The summed E-state index contributed by atoms with van der Waals surface area (Å²) in [5, 5.41) is 74.0. The quantitative estimate of drug-likeness (QED) is 0.0836. The molecule has 8 N–H and O–H groups in total. The van der Waals surface area contributed by atoms with E-state index in [1.165, 1.54) is 0 Å². The zero-order valence-electron chi connectivity index (χ0n) is 20.9. The van der Waals surface area contributed by atoms with Crippen LogP contribution in [-0.2, 0) is 23.7 Å². The molecule has 16 heteroatoms. The predicted octanol–water partition coefficient (Wildman–Crippen LogP) is -4.19. The molecule has 1 saturated carbocycles. The molecule has 0 aromatic heterocycles. The maximum absolute atomic E-state index is 11.8. The van der Waals surface area contributed by atoms with Gasteiger partial charge in [-0.05, 0) is 13.3 Å². The normalized spacial score (nSPS) is 39.8. The van der Waals surface area contributed by atoms with Gasteiger partial charge in [-0.15, -0.1) is 0 Å². The average Bonchev–Trinajstić information content (AvgIpc) is 3.03. The Morgan fingerprint density at radius 2 is 1.77 bits per heavy atom. The van der Waals surface area contributed by atoms with Gasteiger partial charge in [0.2, 0.25) is 0 Å². The van der Waals surface area contributed by atoms with Crippen LogP contribution in [0.2, 0.25) is 0 Å². The molecule has 3 aliphatic rings. The number of anilines is 1. The Bertz CT molecular complexity index is 1090. The average molecular weight is 564 g/mol. The fraction of sp³-hybridized carbons (Fsp3) is 0.783. The summed E-state index contributed by atoms with van der Waals surface area (Å²) in [5.41, 5.74) is -1.52. The van der Waals surface area contributed by atoms with E-state index in [0.29, 0.717) is 0 Å². The first-order valence-corrected chi connectivity index (χ1v) is 12.5. The third-order valence-corrected chi connectivity index (χ3v) is 7.36. The number of rotatable bonds is 13. The summed E-state index contributed by atoms with van der Waals surface area (Å²) in [7, 11) is 0. The van der Waals surface area contributed by atoms with Gasteiger partial charge < -0.3 is 64.7 Å². The summed E-state index contributed by atoms with van der Waals surface area (Å²) in [6, 6.07) is 0. The van der Waals surface area contributed by atoms with E-state index in [2.05, 4.69) is 5.32 Å². The van der Waals surface area contributed by atoms with Crippen LogP contribution in [0.15, 0.2) is 9.59 Å². The van der Waals surface area contributed by atoms with Gasteiger partial charge in [0, 0.05) is 18.9 Å². The van der Waals surface area contributed by atoms with Gasteiger partial charge in [-0.25, -0.2) is 0 Å². The number of aliphatic hydroxyl groups excluding tert-OH is 5. The van der Waals surface area contributed by atoms with E-state index in [1.807, 2.05) is 0 Å². The van der Waals surface area contributed by atoms with Crippen LogP contribution in [0.3, 0.4) is 0 Å². The molecule has 2 saturated heterocycles. The smallest absolute Gasteiger partial charge is 0.303 e. The molecule has 1 aromatic carbocycles. The van der Waals surface area contributed by atoms with Crippen LogP contribution in [0.25, 0.3) is 0 Å². The predicted molar refractivity (Wildman–Crippen MR) is 125 cm³/mol. The number of nitrogens with one attached hydrogen (secondary N) is 1. The van der Waals surface area contributed by atoms with Gasteiger partial charge in [0.1, 0.15) is 30.1 Å². The van der Waals surface area contributed by atoms with E-state index >= 15 is 0 Å². The summed E-state index contributed by atoms with van der Waals surface area (Å²) in [4.78, 5) is 34.3. The lowest BCUT2D eigenvalue weighted by molar-refractivity contribution is -0.459. The summed E-state index contributed by atoms with van der Waals surface area (Å²) < 4.78 is 27.4. The fourth-order valence-electron chi connectivity index (χ4n) is 5.32. The molecule has 3 fully saturated rings. The van der Waals surface area contributed by atoms with Crippen molar-refractivity contribution in [3.8, 4) is 5.75 Å². The molecule has 2 aliphatic heterocycles. The van der Waals surface area contributed by atoms with E-state index < -0.39 is 96.7 Å². The largest absolute Gasteiger partial charge is 0.488 e. The maximum Gasteiger partial charge on any atom is 0.303 e. The van der Waals surface area contributed by atoms with Gasteiger partial charge in [-0.1, -0.05) is 0 Å². The molecule has 2 heterocycles. The van der Waals surface area contributed by atoms with Crippen molar-refractivity contribution in [2.45, 2.75) is 74.8 Å². The van der Waals surface area contributed by atoms with Gasteiger partial charge >= 0.3 is 5.97 Å². The molecular weight excluding hydrogens is 530 g/mol. The monoisotopic (exact) mass is 563 g/mol. The Hall–Kier alpha value is -2.25. The molecule has 1 aromatic rings. The van der Waals surface area contributed by atoms with Crippen molar-refractivity contribution in [1.82, 2.24) is 0 Å². The Labute approximate surface area is 220 Å². The van der Waals surface area contributed by atoms with Crippen molar-refractivity contribution < 1.29 is 64.2 Å². The minimum atomic E-state index is -2.09. The second-order valence-electron chi connectivity index (χ2n) is 9.68. The molecule has 220 valence electrons. The van der Waals surface area contributed by atoms with E-state index in [4.69, 9.17) is 28.8 Å². The third kappa shape index (κ3) is 5.29. The highest BCUT2D eigenvalue weighted by atomic mass is 16.8. The first-order valence-electron chi connectivity index (χ1n) is 12.5. The van der Waals surface area contributed by atoms with Gasteiger partial charge in [-0.3, -0.25) is 14.4 Å². The van der Waals surface area contributed by atoms with E-state index in [9.17, 15) is 45.0 Å². The SMILES string of the molecule is CCOc1c(NCCO[C@H]2OC(CO)[C@@H](O)C(O)C2O[C@H]2OC3(O)C2C(O)[C@H](O)C3CCC(=O)O)c(=O)c1=O. The number of hydrogen-bond donors (Lipinski definition) is 8. The van der Waals surface area contributed by atoms with E-state index in [-0.39, 0.29) is 37.6 Å². The second kappa shape index (κ2) is 11.7. The fourth-order valence-corrected chi connectivity index (χ4v) is 5.32. The van der Waals surface area contributed by atoms with Crippen molar-refractivity contribution in [3.05, 3.63) is 20.4 Å². The van der Waals surface area contributed by atoms with Gasteiger partial charge in [0.25, 0.3) is 10.9 Å². The van der Waals surface area contributed by atoms with Crippen LogP contribution >= 0.6 is 0 Å². The Balaban J connectivity index is 1.40. The Kier molecular flexibility index (Phi) is 8.92. The van der Waals surface area contributed by atoms with Gasteiger partial charge in [-0.2, -0.15) is 0 Å². The number of carbonyl (C=O) groups is 1. The lowest BCUT2D eigenvalue weighted by Gasteiger charge is -2.52. The number of carboxylic acids is 1. The minimum Gasteiger partial charge on any atom is -0.488 e. The van der Waals surface area contributed by atoms with Crippen LogP contribution in [0.5, 0.6) is 5.75 Å². The molecular formula is C23H33NO15. The van der Waals surface area contributed by atoms with Crippen molar-refractivity contribution in [2.24, 2.45) is 11.8 Å². The molecule has 0 spiro atoms. The molecule has 4 rings (SSSR count). The molecule has 0 radical (unpaired) electrons. The van der Waals surface area contributed by atoms with Crippen LogP contribution < -0.4 is 20.9 Å². The topological polar surface area (TPSA) is 251 Å². The lowest BCUT2D eigenvalue weighted by atomic mass is 9.86. The number of fused-ring (bicyclic) bond motifs is 1. The number of ether oxygens (including phenoxy) is 5. The zero-order valence-corrected chi connectivity index (χ0v) is 20.9. The van der Waals surface area contributed by atoms with Gasteiger partial charge in [0.05, 0.1) is 37.9 Å². The molecule has 0 amide bonds. The van der Waals surface area contributed by atoms with Gasteiger partial charge in [0.15, 0.2) is 24.1 Å². The number of aliphatic carboxylic acids is 1. The molecule has 7 unspecified atom stereocenters. The summed E-state index contributed by atoms with van der Waals surface area (Å²) in [5.74, 6) is -5.70. The zero-order chi connectivity index (χ0) is 28.6. The first-order chi connectivity index (χ1) is 18.5. The summed E-state index contributed by atoms with van der Waals surface area (Å²) in [6.45, 7) is 0.962. The van der Waals surface area contributed by atoms with Crippen molar-refractivity contribution in [1.29, 1.82) is 0 Å². The number of hydrogen-bond acceptors (Lipinski definition) is 15. The van der Waals surface area contributed by atoms with Crippen molar-refractivity contribution in [3.63, 3.8) is 0 Å². The number of carboxylic acid groups (broad SMARTS) is 1. The minimum absolute atomic E-state index is 0.0140. The van der Waals surface area contributed by atoms with Crippen LogP contribution in [0.1, 0.15) is 19.8 Å². The van der Waals surface area contributed by atoms with Crippen LogP contribution in [-0.4, -0.2) is 123 Å². The Morgan fingerprint density at radius 3 is 2.41 bits per heavy atom.